The molecule has 0 aromatic heterocycles. The van der Waals surface area contributed by atoms with E-state index in [-0.39, 0.29) is 12.1 Å². The van der Waals surface area contributed by atoms with Gasteiger partial charge in [0.25, 0.3) is 0 Å². The highest BCUT2D eigenvalue weighted by Crippen LogP contribution is 2.16. The third-order valence-corrected chi connectivity index (χ3v) is 2.77. The standard InChI is InChI=1S/C17H16O2/c1-14(16-10-6-3-7-11-16)19-17(18)13-12-15-8-4-2-5-9-15/h2-14H,1H3/b13-12-/t14-/m0/s1. The van der Waals surface area contributed by atoms with Crippen LogP contribution in [0.3, 0.4) is 0 Å². The number of esters is 1. The van der Waals surface area contributed by atoms with Crippen LogP contribution in [-0.2, 0) is 9.53 Å². The Kier molecular flexibility index (Phi) is 4.51. The Hall–Kier alpha value is -2.35. The van der Waals surface area contributed by atoms with Crippen molar-refractivity contribution in [1.29, 1.82) is 0 Å². The van der Waals surface area contributed by atoms with Gasteiger partial charge in [-0.3, -0.25) is 0 Å². The van der Waals surface area contributed by atoms with Crippen molar-refractivity contribution in [2.75, 3.05) is 0 Å². The molecule has 1 atom stereocenters. The smallest absolute Gasteiger partial charge is 0.331 e. The molecular formula is C17H16O2. The lowest BCUT2D eigenvalue weighted by Crippen LogP contribution is -2.05. The van der Waals surface area contributed by atoms with E-state index in [1.807, 2.05) is 67.6 Å². The fourth-order valence-corrected chi connectivity index (χ4v) is 1.73. The van der Waals surface area contributed by atoms with Crippen LogP contribution in [0.2, 0.25) is 0 Å². The molecule has 2 rings (SSSR count). The number of carbonyl (C=O) groups excluding carboxylic acids is 1. The molecule has 0 unspecified atom stereocenters. The SMILES string of the molecule is C[C@H](OC(=O)/C=C\c1ccccc1)c1ccccc1. The maximum atomic E-state index is 11.7. The Labute approximate surface area is 113 Å². The Morgan fingerprint density at radius 2 is 1.58 bits per heavy atom. The van der Waals surface area contributed by atoms with E-state index < -0.39 is 0 Å². The molecule has 0 amide bonds. The van der Waals surface area contributed by atoms with Crippen molar-refractivity contribution >= 4 is 12.0 Å². The van der Waals surface area contributed by atoms with Gasteiger partial charge in [-0.25, -0.2) is 4.79 Å². The zero-order valence-corrected chi connectivity index (χ0v) is 10.8. The van der Waals surface area contributed by atoms with Crippen LogP contribution >= 0.6 is 0 Å². The number of hydrogen-bond acceptors (Lipinski definition) is 2. The first-order chi connectivity index (χ1) is 9.25. The molecule has 96 valence electrons. The number of ether oxygens (including phenoxy) is 1. The molecule has 0 saturated carbocycles. The molecule has 0 aliphatic rings. The van der Waals surface area contributed by atoms with Gasteiger partial charge >= 0.3 is 5.97 Å². The van der Waals surface area contributed by atoms with Crippen molar-refractivity contribution in [3.05, 3.63) is 77.9 Å². The summed E-state index contributed by atoms with van der Waals surface area (Å²) in [5.74, 6) is -0.333. The average molecular weight is 252 g/mol. The second-order valence-electron chi connectivity index (χ2n) is 4.23. The van der Waals surface area contributed by atoms with Crippen LogP contribution in [0.1, 0.15) is 24.2 Å². The second-order valence-corrected chi connectivity index (χ2v) is 4.23. The largest absolute Gasteiger partial charge is 0.455 e. The zero-order valence-electron chi connectivity index (χ0n) is 10.8. The van der Waals surface area contributed by atoms with E-state index in [4.69, 9.17) is 4.74 Å². The maximum absolute atomic E-state index is 11.7. The van der Waals surface area contributed by atoms with Crippen LogP contribution in [0.25, 0.3) is 6.08 Å². The summed E-state index contributed by atoms with van der Waals surface area (Å²) in [6, 6.07) is 19.3. The summed E-state index contributed by atoms with van der Waals surface area (Å²) in [5.41, 5.74) is 1.97. The van der Waals surface area contributed by atoms with Gasteiger partial charge in [0.05, 0.1) is 0 Å². The van der Waals surface area contributed by atoms with Gasteiger partial charge in [-0.2, -0.15) is 0 Å². The van der Waals surface area contributed by atoms with Crippen molar-refractivity contribution < 1.29 is 9.53 Å². The van der Waals surface area contributed by atoms with Crippen LogP contribution in [0, 0.1) is 0 Å². The van der Waals surface area contributed by atoms with Gasteiger partial charge in [-0.05, 0) is 24.1 Å². The van der Waals surface area contributed by atoms with E-state index in [0.717, 1.165) is 11.1 Å². The topological polar surface area (TPSA) is 26.3 Å². The molecule has 2 nitrogen and oxygen atoms in total. The summed E-state index contributed by atoms with van der Waals surface area (Å²) < 4.78 is 5.33. The van der Waals surface area contributed by atoms with E-state index in [1.165, 1.54) is 6.08 Å². The molecule has 0 fully saturated rings. The molecule has 0 aliphatic heterocycles. The third-order valence-electron chi connectivity index (χ3n) is 2.77. The molecule has 0 radical (unpaired) electrons. The van der Waals surface area contributed by atoms with Crippen molar-refractivity contribution in [1.82, 2.24) is 0 Å². The molecule has 19 heavy (non-hydrogen) atoms. The summed E-state index contributed by atoms with van der Waals surface area (Å²) in [6.45, 7) is 1.86. The van der Waals surface area contributed by atoms with Gasteiger partial charge in [0.15, 0.2) is 0 Å². The molecule has 2 aromatic rings. The number of rotatable bonds is 4. The minimum Gasteiger partial charge on any atom is -0.455 e. The lowest BCUT2D eigenvalue weighted by Gasteiger charge is -2.11. The van der Waals surface area contributed by atoms with E-state index in [2.05, 4.69) is 0 Å². The first-order valence-electron chi connectivity index (χ1n) is 6.24. The van der Waals surface area contributed by atoms with Gasteiger partial charge in [0, 0.05) is 6.08 Å². The fraction of sp³-hybridized carbons (Fsp3) is 0.118. The molecule has 2 heteroatoms. The first kappa shape index (κ1) is 13.1. The minimum absolute atomic E-state index is 0.242. The molecule has 0 N–H and O–H groups in total. The molecular weight excluding hydrogens is 236 g/mol. The number of hydrogen-bond donors (Lipinski definition) is 0. The molecule has 0 bridgehead atoms. The Morgan fingerprint density at radius 3 is 2.21 bits per heavy atom. The number of benzene rings is 2. The second kappa shape index (κ2) is 6.55. The van der Waals surface area contributed by atoms with Gasteiger partial charge < -0.3 is 4.74 Å². The lowest BCUT2D eigenvalue weighted by molar-refractivity contribution is -0.142. The van der Waals surface area contributed by atoms with Gasteiger partial charge in [-0.1, -0.05) is 60.7 Å². The van der Waals surface area contributed by atoms with Crippen LogP contribution in [0.4, 0.5) is 0 Å². The van der Waals surface area contributed by atoms with E-state index in [0.29, 0.717) is 0 Å². The lowest BCUT2D eigenvalue weighted by atomic mass is 10.1. The first-order valence-corrected chi connectivity index (χ1v) is 6.24. The maximum Gasteiger partial charge on any atom is 0.331 e. The molecule has 0 aliphatic carbocycles. The fourth-order valence-electron chi connectivity index (χ4n) is 1.73. The molecule has 0 heterocycles. The van der Waals surface area contributed by atoms with Crippen LogP contribution in [-0.4, -0.2) is 5.97 Å². The summed E-state index contributed by atoms with van der Waals surface area (Å²) in [5, 5.41) is 0. The van der Waals surface area contributed by atoms with E-state index in [1.54, 1.807) is 6.08 Å². The van der Waals surface area contributed by atoms with Crippen LogP contribution in [0.15, 0.2) is 66.7 Å². The predicted octanol–water partition coefficient (Wildman–Crippen LogP) is 4.00. The highest BCUT2D eigenvalue weighted by atomic mass is 16.5. The average Bonchev–Trinajstić information content (AvgIpc) is 2.47. The predicted molar refractivity (Wildman–Crippen MR) is 76.4 cm³/mol. The molecule has 2 aromatic carbocycles. The van der Waals surface area contributed by atoms with E-state index in [9.17, 15) is 4.79 Å². The normalized spacial score (nSPS) is 12.3. The van der Waals surface area contributed by atoms with Crippen LogP contribution in [0.5, 0.6) is 0 Å². The van der Waals surface area contributed by atoms with Gasteiger partial charge in [0.2, 0.25) is 0 Å². The summed E-state index contributed by atoms with van der Waals surface area (Å²) in [6.07, 6.45) is 2.96. The Balaban J connectivity index is 1.93. The van der Waals surface area contributed by atoms with Gasteiger partial charge in [-0.15, -0.1) is 0 Å². The summed E-state index contributed by atoms with van der Waals surface area (Å²) in [4.78, 5) is 11.7. The minimum atomic E-state index is -0.333. The molecule has 0 spiro atoms. The monoisotopic (exact) mass is 252 g/mol. The third kappa shape index (κ3) is 4.11. The quantitative estimate of drug-likeness (QED) is 0.607. The molecule has 0 saturated heterocycles. The van der Waals surface area contributed by atoms with Gasteiger partial charge in [0.1, 0.15) is 6.10 Å². The van der Waals surface area contributed by atoms with Crippen molar-refractivity contribution in [2.24, 2.45) is 0 Å². The highest BCUT2D eigenvalue weighted by molar-refractivity contribution is 5.87. The van der Waals surface area contributed by atoms with Crippen molar-refractivity contribution in [2.45, 2.75) is 13.0 Å². The van der Waals surface area contributed by atoms with Crippen molar-refractivity contribution in [3.63, 3.8) is 0 Å². The van der Waals surface area contributed by atoms with E-state index >= 15 is 0 Å². The Bertz CT molecular complexity index is 544. The van der Waals surface area contributed by atoms with Crippen LogP contribution < -0.4 is 0 Å². The van der Waals surface area contributed by atoms with Crippen molar-refractivity contribution in [3.8, 4) is 0 Å². The number of carbonyl (C=O) groups is 1. The summed E-state index contributed by atoms with van der Waals surface area (Å²) >= 11 is 0. The Morgan fingerprint density at radius 1 is 1.00 bits per heavy atom. The highest BCUT2D eigenvalue weighted by Gasteiger charge is 2.08. The zero-order chi connectivity index (χ0) is 13.5. The summed E-state index contributed by atoms with van der Waals surface area (Å²) in [7, 11) is 0.